The van der Waals surface area contributed by atoms with Crippen LogP contribution in [0.15, 0.2) is 0 Å². The number of halogens is 1. The van der Waals surface area contributed by atoms with Crippen molar-refractivity contribution in [1.82, 2.24) is 4.90 Å². The molecule has 0 aromatic carbocycles. The van der Waals surface area contributed by atoms with E-state index >= 15 is 0 Å². The largest absolute Gasteiger partial charge is 0.296 e. The molecule has 0 atom stereocenters. The van der Waals surface area contributed by atoms with E-state index in [4.69, 9.17) is 11.6 Å². The molecule has 0 aliphatic rings. The molecule has 0 saturated heterocycles. The summed E-state index contributed by atoms with van der Waals surface area (Å²) in [6.45, 7) is -0.240. The van der Waals surface area contributed by atoms with E-state index in [0.717, 1.165) is 0 Å². The number of carbonyl (C=O) groups excluding carboxylic acids is 3. The molecule has 10 heavy (non-hydrogen) atoms. The predicted octanol–water partition coefficient (Wildman–Crippen LogP) is -0.591. The number of amides is 2. The Balaban J connectivity index is 3.73. The minimum atomic E-state index is -0.360. The first-order chi connectivity index (χ1) is 4.74. The summed E-state index contributed by atoms with van der Waals surface area (Å²) >= 11 is 5.10. The molecule has 0 aromatic rings. The molecular weight excluding hydrogens is 158 g/mol. The second-order valence-corrected chi connectivity index (χ2v) is 1.82. The molecule has 0 unspecified atom stereocenters. The highest BCUT2D eigenvalue weighted by molar-refractivity contribution is 6.28. The van der Waals surface area contributed by atoms with Crippen molar-refractivity contribution in [2.45, 2.75) is 0 Å². The third kappa shape index (κ3) is 3.19. The minimum Gasteiger partial charge on any atom is -0.296 e. The summed E-state index contributed by atoms with van der Waals surface area (Å²) < 4.78 is 0. The molecule has 0 fully saturated rings. The molecule has 56 valence electrons. The van der Waals surface area contributed by atoms with Crippen LogP contribution in [-0.2, 0) is 14.4 Å². The lowest BCUT2D eigenvalue weighted by atomic mass is 10.4. The van der Waals surface area contributed by atoms with Crippen LogP contribution in [0.1, 0.15) is 0 Å². The molecular formula is C5H6ClNO3. The van der Waals surface area contributed by atoms with Gasteiger partial charge in [0.05, 0.1) is 12.4 Å². The maximum Gasteiger partial charge on any atom is 0.216 e. The number of rotatable bonds is 5. The molecule has 4 nitrogen and oxygen atoms in total. The highest BCUT2D eigenvalue weighted by atomic mass is 35.5. The van der Waals surface area contributed by atoms with Gasteiger partial charge in [-0.1, -0.05) is 0 Å². The van der Waals surface area contributed by atoms with Crippen LogP contribution in [0, 0.1) is 0 Å². The molecule has 0 rings (SSSR count). The van der Waals surface area contributed by atoms with Gasteiger partial charge < -0.3 is 0 Å². The van der Waals surface area contributed by atoms with E-state index < -0.39 is 0 Å². The van der Waals surface area contributed by atoms with E-state index in [-0.39, 0.29) is 31.0 Å². The van der Waals surface area contributed by atoms with Crippen LogP contribution in [0.2, 0.25) is 0 Å². The third-order valence-electron chi connectivity index (χ3n) is 0.779. The summed E-state index contributed by atoms with van der Waals surface area (Å²) in [5.74, 6) is -0.543. The van der Waals surface area contributed by atoms with Gasteiger partial charge in [-0.3, -0.25) is 19.3 Å². The molecule has 0 aromatic heterocycles. The summed E-state index contributed by atoms with van der Waals surface area (Å²) in [6, 6.07) is 0. The third-order valence-corrected chi connectivity index (χ3v) is 1.08. The van der Waals surface area contributed by atoms with Crippen molar-refractivity contribution in [3.05, 3.63) is 0 Å². The van der Waals surface area contributed by atoms with Crippen molar-refractivity contribution in [3.63, 3.8) is 0 Å². The quantitative estimate of drug-likeness (QED) is 0.402. The monoisotopic (exact) mass is 163 g/mol. The lowest BCUT2D eigenvalue weighted by Crippen LogP contribution is -2.27. The summed E-state index contributed by atoms with van der Waals surface area (Å²) in [4.78, 5) is 30.9. The molecule has 2 amide bonds. The Morgan fingerprint density at radius 2 is 1.90 bits per heavy atom. The van der Waals surface area contributed by atoms with Crippen LogP contribution >= 0.6 is 11.6 Å². The molecule has 0 spiro atoms. The fraction of sp³-hybridized carbons (Fsp3) is 0.400. The lowest BCUT2D eigenvalue weighted by molar-refractivity contribution is -0.133. The lowest BCUT2D eigenvalue weighted by Gasteiger charge is -2.04. The number of ketones is 1. The topological polar surface area (TPSA) is 54.5 Å². The molecule has 0 bridgehead atoms. The van der Waals surface area contributed by atoms with Gasteiger partial charge >= 0.3 is 0 Å². The fourth-order valence-electron chi connectivity index (χ4n) is 0.345. The number of imide groups is 1. The van der Waals surface area contributed by atoms with Crippen LogP contribution < -0.4 is 0 Å². The first-order valence-electron chi connectivity index (χ1n) is 2.48. The Morgan fingerprint density at radius 1 is 1.40 bits per heavy atom. The Bertz CT molecular complexity index is 140. The average Bonchev–Trinajstić information content (AvgIpc) is 1.99. The summed E-state index contributed by atoms with van der Waals surface area (Å²) in [5.41, 5.74) is 0. The summed E-state index contributed by atoms with van der Waals surface area (Å²) in [5, 5.41) is 0. The SMILES string of the molecule is O=CN(C=O)CC(=O)CCl. The van der Waals surface area contributed by atoms with Crippen LogP contribution in [0.4, 0.5) is 0 Å². The van der Waals surface area contributed by atoms with Gasteiger partial charge in [0.25, 0.3) is 0 Å². The number of hydrogen-bond acceptors (Lipinski definition) is 3. The van der Waals surface area contributed by atoms with E-state index in [1.165, 1.54) is 0 Å². The molecule has 0 saturated carbocycles. The zero-order chi connectivity index (χ0) is 7.98. The molecule has 0 N–H and O–H groups in total. The maximum atomic E-state index is 10.4. The van der Waals surface area contributed by atoms with Gasteiger partial charge in [-0.25, -0.2) is 0 Å². The highest BCUT2D eigenvalue weighted by Gasteiger charge is 2.04. The second-order valence-electron chi connectivity index (χ2n) is 1.56. The van der Waals surface area contributed by atoms with Gasteiger partial charge in [0.1, 0.15) is 0 Å². The molecule has 0 aliphatic heterocycles. The van der Waals surface area contributed by atoms with E-state index in [1.54, 1.807) is 0 Å². The van der Waals surface area contributed by atoms with Crippen LogP contribution in [0.25, 0.3) is 0 Å². The molecule has 0 heterocycles. The first kappa shape index (κ1) is 9.10. The Kier molecular flexibility index (Phi) is 4.49. The minimum absolute atomic E-state index is 0.182. The van der Waals surface area contributed by atoms with Crippen molar-refractivity contribution in [2.75, 3.05) is 12.4 Å². The number of carbonyl (C=O) groups is 3. The molecule has 5 heteroatoms. The smallest absolute Gasteiger partial charge is 0.216 e. The fourth-order valence-corrected chi connectivity index (χ4v) is 0.430. The Labute approximate surface area is 62.7 Å². The van der Waals surface area contributed by atoms with E-state index in [0.29, 0.717) is 4.90 Å². The maximum absolute atomic E-state index is 10.4. The van der Waals surface area contributed by atoms with E-state index in [2.05, 4.69) is 0 Å². The van der Waals surface area contributed by atoms with Crippen LogP contribution in [0.5, 0.6) is 0 Å². The zero-order valence-electron chi connectivity index (χ0n) is 5.12. The van der Waals surface area contributed by atoms with Crippen molar-refractivity contribution in [2.24, 2.45) is 0 Å². The molecule has 0 aliphatic carbocycles. The van der Waals surface area contributed by atoms with Gasteiger partial charge in [-0.05, 0) is 0 Å². The first-order valence-corrected chi connectivity index (χ1v) is 3.02. The Morgan fingerprint density at radius 3 is 2.20 bits per heavy atom. The van der Waals surface area contributed by atoms with Gasteiger partial charge in [-0.15, -0.1) is 11.6 Å². The summed E-state index contributed by atoms with van der Waals surface area (Å²) in [7, 11) is 0. The number of Topliss-reactive ketones (excluding diaryl/α,β-unsaturated/α-hetero) is 1. The number of hydrogen-bond donors (Lipinski definition) is 0. The van der Waals surface area contributed by atoms with Gasteiger partial charge in [-0.2, -0.15) is 0 Å². The van der Waals surface area contributed by atoms with Crippen LogP contribution in [0.3, 0.4) is 0 Å². The molecule has 0 radical (unpaired) electrons. The number of alkyl halides is 1. The van der Waals surface area contributed by atoms with Gasteiger partial charge in [0, 0.05) is 0 Å². The van der Waals surface area contributed by atoms with Crippen LogP contribution in [-0.4, -0.2) is 35.9 Å². The second kappa shape index (κ2) is 4.93. The average molecular weight is 164 g/mol. The van der Waals surface area contributed by atoms with Gasteiger partial charge in [0.2, 0.25) is 12.8 Å². The van der Waals surface area contributed by atoms with Crippen molar-refractivity contribution in [3.8, 4) is 0 Å². The summed E-state index contributed by atoms with van der Waals surface area (Å²) in [6.07, 6.45) is 0.550. The zero-order valence-corrected chi connectivity index (χ0v) is 5.87. The predicted molar refractivity (Wildman–Crippen MR) is 34.6 cm³/mol. The number of nitrogens with zero attached hydrogens (tertiary/aromatic N) is 1. The standard InChI is InChI=1S/C5H6ClNO3/c6-1-5(10)2-7(3-8)4-9/h3-4H,1-2H2. The Hall–Kier alpha value is -0.900. The van der Waals surface area contributed by atoms with E-state index in [1.807, 2.05) is 0 Å². The normalized spacial score (nSPS) is 8.50. The van der Waals surface area contributed by atoms with Gasteiger partial charge in [0.15, 0.2) is 5.78 Å². The van der Waals surface area contributed by atoms with E-state index in [9.17, 15) is 14.4 Å². The van der Waals surface area contributed by atoms with Crippen molar-refractivity contribution >= 4 is 30.2 Å². The van der Waals surface area contributed by atoms with Crippen molar-refractivity contribution in [1.29, 1.82) is 0 Å². The van der Waals surface area contributed by atoms with Crippen molar-refractivity contribution < 1.29 is 14.4 Å². The highest BCUT2D eigenvalue weighted by Crippen LogP contribution is 1.82.